The Morgan fingerprint density at radius 3 is 2.82 bits per heavy atom. The maximum Gasteiger partial charge on any atom is 0.234 e. The minimum absolute atomic E-state index is 0.00165. The number of benzene rings is 1. The quantitative estimate of drug-likeness (QED) is 0.868. The van der Waals surface area contributed by atoms with Gasteiger partial charge in [0.15, 0.2) is 0 Å². The highest BCUT2D eigenvalue weighted by atomic mass is 19.1. The number of hydrogen-bond acceptors (Lipinski definition) is 5. The molecule has 3 rings (SSSR count). The molecular weight excluding hydrogens is 294 g/mol. The first-order valence-corrected chi connectivity index (χ1v) is 7.02. The lowest BCUT2D eigenvalue weighted by atomic mass is 9.93. The predicted molar refractivity (Wildman–Crippen MR) is 71.9 cm³/mol. The zero-order valence-corrected chi connectivity index (χ0v) is 11.7. The third-order valence-electron chi connectivity index (χ3n) is 3.64. The van der Waals surface area contributed by atoms with Crippen molar-refractivity contribution in [2.24, 2.45) is 5.92 Å². The summed E-state index contributed by atoms with van der Waals surface area (Å²) in [7, 11) is 0. The highest BCUT2D eigenvalue weighted by Crippen LogP contribution is 2.22. The number of carbonyl (C=O) groups excluding carboxylic acids is 1. The lowest BCUT2D eigenvalue weighted by Gasteiger charge is -2.19. The van der Waals surface area contributed by atoms with Gasteiger partial charge in [-0.15, -0.1) is 0 Å². The van der Waals surface area contributed by atoms with Gasteiger partial charge < -0.3 is 9.26 Å². The van der Waals surface area contributed by atoms with Crippen LogP contribution in [0.3, 0.4) is 0 Å². The van der Waals surface area contributed by atoms with Crippen LogP contribution in [0.4, 0.5) is 8.78 Å². The molecule has 1 fully saturated rings. The monoisotopic (exact) mass is 308 g/mol. The van der Waals surface area contributed by atoms with Crippen molar-refractivity contribution in [3.8, 4) is 11.4 Å². The fourth-order valence-electron chi connectivity index (χ4n) is 2.42. The van der Waals surface area contributed by atoms with E-state index in [0.29, 0.717) is 26.1 Å². The van der Waals surface area contributed by atoms with Crippen molar-refractivity contribution in [1.29, 1.82) is 0 Å². The minimum atomic E-state index is -0.649. The Morgan fingerprint density at radius 1 is 1.27 bits per heavy atom. The van der Waals surface area contributed by atoms with Crippen molar-refractivity contribution in [3.63, 3.8) is 0 Å². The van der Waals surface area contributed by atoms with Gasteiger partial charge in [-0.25, -0.2) is 8.78 Å². The molecule has 0 amide bonds. The van der Waals surface area contributed by atoms with Crippen LogP contribution in [-0.4, -0.2) is 29.1 Å². The number of rotatable bonds is 4. The van der Waals surface area contributed by atoms with Gasteiger partial charge in [-0.05, 0) is 31.0 Å². The molecule has 0 atom stereocenters. The first-order valence-electron chi connectivity index (χ1n) is 7.02. The van der Waals surface area contributed by atoms with Crippen LogP contribution in [0.15, 0.2) is 22.7 Å². The summed E-state index contributed by atoms with van der Waals surface area (Å²) in [5.74, 6) is -1.28. The van der Waals surface area contributed by atoms with Crippen LogP contribution in [0.1, 0.15) is 18.7 Å². The zero-order valence-electron chi connectivity index (χ0n) is 11.7. The molecule has 5 nitrogen and oxygen atoms in total. The smallest absolute Gasteiger partial charge is 0.234 e. The summed E-state index contributed by atoms with van der Waals surface area (Å²) in [5.41, 5.74) is -0.0893. The van der Waals surface area contributed by atoms with Gasteiger partial charge in [0.25, 0.3) is 0 Å². The largest absolute Gasteiger partial charge is 0.381 e. The van der Waals surface area contributed by atoms with Gasteiger partial charge in [-0.3, -0.25) is 4.79 Å². The topological polar surface area (TPSA) is 65.2 Å². The fourth-order valence-corrected chi connectivity index (χ4v) is 2.42. The summed E-state index contributed by atoms with van der Waals surface area (Å²) in [6, 6.07) is 2.99. The van der Waals surface area contributed by atoms with Gasteiger partial charge in [-0.2, -0.15) is 4.98 Å². The average molecular weight is 308 g/mol. The van der Waals surface area contributed by atoms with Crippen molar-refractivity contribution in [3.05, 3.63) is 35.7 Å². The van der Waals surface area contributed by atoms with E-state index in [9.17, 15) is 13.6 Å². The second-order valence-corrected chi connectivity index (χ2v) is 5.17. The second-order valence-electron chi connectivity index (χ2n) is 5.17. The molecule has 1 aliphatic rings. The van der Waals surface area contributed by atoms with E-state index in [2.05, 4.69) is 10.1 Å². The summed E-state index contributed by atoms with van der Waals surface area (Å²) < 4.78 is 37.0. The summed E-state index contributed by atoms with van der Waals surface area (Å²) >= 11 is 0. The molecule has 1 aliphatic heterocycles. The van der Waals surface area contributed by atoms with Crippen LogP contribution >= 0.6 is 0 Å². The number of Topliss-reactive ketones (excluding diaryl/α,β-unsaturated/α-hetero) is 1. The maximum atomic E-state index is 13.6. The lowest BCUT2D eigenvalue weighted by Crippen LogP contribution is -2.24. The molecule has 1 aromatic carbocycles. The number of halogens is 2. The summed E-state index contributed by atoms with van der Waals surface area (Å²) in [6.45, 7) is 1.14. The van der Waals surface area contributed by atoms with Gasteiger partial charge >= 0.3 is 0 Å². The van der Waals surface area contributed by atoms with Crippen molar-refractivity contribution >= 4 is 5.78 Å². The summed E-state index contributed by atoms with van der Waals surface area (Å²) in [4.78, 5) is 16.1. The van der Waals surface area contributed by atoms with E-state index in [4.69, 9.17) is 9.26 Å². The molecule has 0 radical (unpaired) electrons. The molecule has 0 N–H and O–H groups in total. The fraction of sp³-hybridized carbons (Fsp3) is 0.400. The van der Waals surface area contributed by atoms with Crippen molar-refractivity contribution in [1.82, 2.24) is 10.1 Å². The van der Waals surface area contributed by atoms with Gasteiger partial charge in [0.1, 0.15) is 17.4 Å². The van der Waals surface area contributed by atoms with E-state index in [-0.39, 0.29) is 35.4 Å². The van der Waals surface area contributed by atoms with Crippen LogP contribution in [0.25, 0.3) is 11.4 Å². The van der Waals surface area contributed by atoms with E-state index in [1.165, 1.54) is 0 Å². The Kier molecular flexibility index (Phi) is 4.24. The van der Waals surface area contributed by atoms with Crippen molar-refractivity contribution < 1.29 is 22.8 Å². The first-order chi connectivity index (χ1) is 10.6. The molecular formula is C15H14F2N2O3. The summed E-state index contributed by atoms with van der Waals surface area (Å²) in [6.07, 6.45) is 1.35. The Balaban J connectivity index is 1.73. The van der Waals surface area contributed by atoms with Crippen LogP contribution in [0, 0.1) is 17.6 Å². The van der Waals surface area contributed by atoms with Crippen LogP contribution in [-0.2, 0) is 16.0 Å². The number of aromatic nitrogens is 2. The molecule has 22 heavy (non-hydrogen) atoms. The third-order valence-corrected chi connectivity index (χ3v) is 3.64. The van der Waals surface area contributed by atoms with E-state index in [1.807, 2.05) is 0 Å². The molecule has 0 unspecified atom stereocenters. The van der Waals surface area contributed by atoms with E-state index >= 15 is 0 Å². The highest BCUT2D eigenvalue weighted by molar-refractivity contribution is 5.82. The van der Waals surface area contributed by atoms with Gasteiger partial charge in [0.05, 0.1) is 12.0 Å². The Bertz CT molecular complexity index is 681. The van der Waals surface area contributed by atoms with Crippen LogP contribution < -0.4 is 0 Å². The Labute approximate surface area is 125 Å². The second kappa shape index (κ2) is 6.31. The number of ether oxygens (including phenoxy) is 1. The molecule has 0 saturated carbocycles. The molecule has 0 bridgehead atoms. The van der Waals surface area contributed by atoms with Crippen LogP contribution in [0.5, 0.6) is 0 Å². The first kappa shape index (κ1) is 14.8. The van der Waals surface area contributed by atoms with E-state index < -0.39 is 11.6 Å². The Morgan fingerprint density at radius 2 is 2.05 bits per heavy atom. The normalized spacial score (nSPS) is 15.9. The van der Waals surface area contributed by atoms with Gasteiger partial charge in [0, 0.05) is 19.1 Å². The van der Waals surface area contributed by atoms with Gasteiger partial charge in [-0.1, -0.05) is 5.16 Å². The SMILES string of the molecule is O=C(Cc1nc(-c2cc(F)ccc2F)no1)C1CCOCC1. The molecule has 2 aromatic rings. The lowest BCUT2D eigenvalue weighted by molar-refractivity contribution is -0.125. The Hall–Kier alpha value is -2.15. The zero-order chi connectivity index (χ0) is 15.5. The van der Waals surface area contributed by atoms with Gasteiger partial charge in [0.2, 0.25) is 11.7 Å². The molecule has 116 valence electrons. The highest BCUT2D eigenvalue weighted by Gasteiger charge is 2.24. The predicted octanol–water partition coefficient (Wildman–Crippen LogP) is 2.55. The molecule has 7 heteroatoms. The minimum Gasteiger partial charge on any atom is -0.381 e. The number of nitrogens with zero attached hydrogens (tertiary/aromatic N) is 2. The molecule has 0 aliphatic carbocycles. The number of carbonyl (C=O) groups is 1. The molecule has 1 aromatic heterocycles. The van der Waals surface area contributed by atoms with Crippen molar-refractivity contribution in [2.75, 3.05) is 13.2 Å². The molecule has 1 saturated heterocycles. The van der Waals surface area contributed by atoms with E-state index in [1.54, 1.807) is 0 Å². The third kappa shape index (κ3) is 3.19. The average Bonchev–Trinajstić information content (AvgIpc) is 2.99. The number of hydrogen-bond donors (Lipinski definition) is 0. The summed E-state index contributed by atoms with van der Waals surface area (Å²) in [5, 5.41) is 3.62. The molecule has 2 heterocycles. The maximum absolute atomic E-state index is 13.6. The van der Waals surface area contributed by atoms with Crippen molar-refractivity contribution in [2.45, 2.75) is 19.3 Å². The molecule has 0 spiro atoms. The standard InChI is InChI=1S/C15H14F2N2O3/c16-10-1-2-12(17)11(7-10)15-18-14(22-19-15)8-13(20)9-3-5-21-6-4-9/h1-2,7,9H,3-6,8H2. The number of ketones is 1. The van der Waals surface area contributed by atoms with Crippen LogP contribution in [0.2, 0.25) is 0 Å². The van der Waals surface area contributed by atoms with E-state index in [0.717, 1.165) is 18.2 Å².